The number of anilines is 1. The number of nitrogens with zero attached hydrogens (tertiary/aromatic N) is 6. The van der Waals surface area contributed by atoms with Gasteiger partial charge in [0.1, 0.15) is 16.6 Å². The summed E-state index contributed by atoms with van der Waals surface area (Å²) in [6.07, 6.45) is 1.86. The summed E-state index contributed by atoms with van der Waals surface area (Å²) >= 11 is 6.30. The zero-order chi connectivity index (χ0) is 32.7. The van der Waals surface area contributed by atoms with Crippen molar-refractivity contribution >= 4 is 45.0 Å². The molecule has 0 aliphatic carbocycles. The van der Waals surface area contributed by atoms with Crippen molar-refractivity contribution in [2.45, 2.75) is 26.4 Å². The predicted molar refractivity (Wildman–Crippen MR) is 181 cm³/mol. The summed E-state index contributed by atoms with van der Waals surface area (Å²) in [6, 6.07) is 11.6. The lowest BCUT2D eigenvalue weighted by Gasteiger charge is -2.32. The molecule has 240 valence electrons. The van der Waals surface area contributed by atoms with Gasteiger partial charge in [0, 0.05) is 74.6 Å². The number of piperazine rings is 1. The van der Waals surface area contributed by atoms with Gasteiger partial charge in [-0.2, -0.15) is 5.10 Å². The molecule has 46 heavy (non-hydrogen) atoms. The lowest BCUT2D eigenvalue weighted by atomic mass is 9.95. The van der Waals surface area contributed by atoms with E-state index >= 15 is 0 Å². The number of hydrogen-bond acceptors (Lipinski definition) is 7. The number of halogens is 2. The predicted octanol–water partition coefficient (Wildman–Crippen LogP) is 4.83. The first-order valence-corrected chi connectivity index (χ1v) is 15.8. The highest BCUT2D eigenvalue weighted by Gasteiger charge is 2.22. The molecule has 1 fully saturated rings. The van der Waals surface area contributed by atoms with Gasteiger partial charge in [-0.3, -0.25) is 19.1 Å². The van der Waals surface area contributed by atoms with Crippen LogP contribution in [0.25, 0.3) is 33.1 Å². The van der Waals surface area contributed by atoms with Crippen molar-refractivity contribution in [1.82, 2.24) is 34.4 Å². The van der Waals surface area contributed by atoms with Crippen molar-refractivity contribution < 1.29 is 9.18 Å². The Labute approximate surface area is 271 Å². The van der Waals surface area contributed by atoms with E-state index in [2.05, 4.69) is 38.5 Å². The third-order valence-electron chi connectivity index (χ3n) is 8.88. The molecule has 3 aromatic heterocycles. The summed E-state index contributed by atoms with van der Waals surface area (Å²) in [4.78, 5) is 35.2. The summed E-state index contributed by atoms with van der Waals surface area (Å²) in [5.41, 5.74) is 4.06. The van der Waals surface area contributed by atoms with Crippen LogP contribution >= 0.6 is 11.6 Å². The maximum absolute atomic E-state index is 15.0. The highest BCUT2D eigenvalue weighted by Crippen LogP contribution is 2.35. The molecule has 5 aromatic rings. The van der Waals surface area contributed by atoms with Crippen LogP contribution in [0.5, 0.6) is 0 Å². The molecule has 1 atom stereocenters. The number of rotatable bonds is 8. The number of likely N-dealkylation sites (N-methyl/N-ethyl adjacent to an activating group) is 1. The molecule has 1 unspecified atom stereocenters. The summed E-state index contributed by atoms with van der Waals surface area (Å²) < 4.78 is 18.6. The van der Waals surface area contributed by atoms with Crippen molar-refractivity contribution in [1.29, 1.82) is 0 Å². The van der Waals surface area contributed by atoms with Crippen molar-refractivity contribution in [2.75, 3.05) is 52.1 Å². The van der Waals surface area contributed by atoms with Crippen LogP contribution in [-0.2, 0) is 13.6 Å². The molecule has 1 saturated heterocycles. The van der Waals surface area contributed by atoms with E-state index in [-0.39, 0.29) is 22.3 Å². The quantitative estimate of drug-likeness (QED) is 0.234. The minimum Gasteiger partial charge on any atom is -0.377 e. The van der Waals surface area contributed by atoms with Gasteiger partial charge in [0.25, 0.3) is 11.5 Å². The Morgan fingerprint density at radius 1 is 1.04 bits per heavy atom. The number of hydrogen-bond donors (Lipinski definition) is 2. The zero-order valence-electron chi connectivity index (χ0n) is 26.7. The molecule has 0 saturated carbocycles. The van der Waals surface area contributed by atoms with Crippen LogP contribution in [0.15, 0.2) is 53.5 Å². The molecule has 0 radical (unpaired) electrons. The van der Waals surface area contributed by atoms with Gasteiger partial charge in [-0.05, 0) is 62.4 Å². The molecule has 1 aliphatic rings. The summed E-state index contributed by atoms with van der Waals surface area (Å²) in [6.45, 7) is 9.62. The Kier molecular flexibility index (Phi) is 8.82. The standard InChI is InChI=1S/C34H38ClFN8O2/c1-20-16-24(21(2)39-28-8-9-29(35)40-31(28)22-6-7-23(27(36)18-22)32(45)37-3)30-25(17-20)34(46)42(5)33-26(30)19-38-44(33)15-14-43-12-10-41(4)11-13-43/h6-9,16-19,21,39H,10-15H2,1-5H3,(H,37,45). The number of amides is 1. The molecule has 0 spiro atoms. The Balaban J connectivity index is 1.39. The molecule has 2 N–H and O–H groups in total. The van der Waals surface area contributed by atoms with Crippen LogP contribution in [-0.4, -0.2) is 81.9 Å². The first-order chi connectivity index (χ1) is 22.0. The lowest BCUT2D eigenvalue weighted by Crippen LogP contribution is -2.45. The SMILES string of the molecule is CNC(=O)c1ccc(-c2nc(Cl)ccc2NC(C)c2cc(C)cc3c(=O)n(C)c4c(cnn4CCN4CCN(C)CC4)c23)cc1F. The van der Waals surface area contributed by atoms with Gasteiger partial charge >= 0.3 is 0 Å². The van der Waals surface area contributed by atoms with Crippen LogP contribution < -0.4 is 16.2 Å². The molecule has 2 aromatic carbocycles. The van der Waals surface area contributed by atoms with Crippen LogP contribution in [0, 0.1) is 12.7 Å². The third-order valence-corrected chi connectivity index (χ3v) is 9.10. The molecule has 10 nitrogen and oxygen atoms in total. The Morgan fingerprint density at radius 2 is 1.80 bits per heavy atom. The first kappa shape index (κ1) is 31.7. The second-order valence-corrected chi connectivity index (χ2v) is 12.4. The van der Waals surface area contributed by atoms with Gasteiger partial charge in [-0.15, -0.1) is 0 Å². The normalized spacial score (nSPS) is 15.0. The summed E-state index contributed by atoms with van der Waals surface area (Å²) in [5.74, 6) is -1.17. The second kappa shape index (κ2) is 12.8. The van der Waals surface area contributed by atoms with Crippen LogP contribution in [0.2, 0.25) is 5.15 Å². The van der Waals surface area contributed by atoms with E-state index in [1.165, 1.54) is 19.2 Å². The molecule has 1 aliphatic heterocycles. The monoisotopic (exact) mass is 644 g/mol. The van der Waals surface area contributed by atoms with E-state index in [1.54, 1.807) is 22.8 Å². The maximum atomic E-state index is 15.0. The van der Waals surface area contributed by atoms with E-state index < -0.39 is 11.7 Å². The number of aryl methyl sites for hydroxylation is 2. The van der Waals surface area contributed by atoms with Crippen LogP contribution in [0.4, 0.5) is 10.1 Å². The third kappa shape index (κ3) is 5.97. The fourth-order valence-electron chi connectivity index (χ4n) is 6.35. The lowest BCUT2D eigenvalue weighted by molar-refractivity contribution is 0.0959. The number of fused-ring (bicyclic) bond motifs is 3. The molecular formula is C34H38ClFN8O2. The minimum absolute atomic E-state index is 0.0583. The molecule has 6 rings (SSSR count). The summed E-state index contributed by atoms with van der Waals surface area (Å²) in [7, 11) is 5.40. The van der Waals surface area contributed by atoms with Crippen molar-refractivity contribution in [3.8, 4) is 11.3 Å². The minimum atomic E-state index is -0.662. The molecule has 0 bridgehead atoms. The number of carbonyl (C=O) groups excluding carboxylic acids is 1. The average Bonchev–Trinajstić information content (AvgIpc) is 3.47. The fourth-order valence-corrected chi connectivity index (χ4v) is 6.49. The Morgan fingerprint density at radius 3 is 2.52 bits per heavy atom. The fraction of sp³-hybridized carbons (Fsp3) is 0.353. The average molecular weight is 645 g/mol. The van der Waals surface area contributed by atoms with E-state index in [9.17, 15) is 14.0 Å². The van der Waals surface area contributed by atoms with Crippen LogP contribution in [0.1, 0.15) is 34.5 Å². The molecular weight excluding hydrogens is 607 g/mol. The number of benzene rings is 2. The van der Waals surface area contributed by atoms with Gasteiger partial charge in [-0.25, -0.2) is 14.1 Å². The van der Waals surface area contributed by atoms with Gasteiger partial charge in [-0.1, -0.05) is 23.7 Å². The van der Waals surface area contributed by atoms with Crippen molar-refractivity contribution in [3.63, 3.8) is 0 Å². The summed E-state index contributed by atoms with van der Waals surface area (Å²) in [5, 5.41) is 13.4. The van der Waals surface area contributed by atoms with Gasteiger partial charge in [0.2, 0.25) is 0 Å². The topological polar surface area (TPSA) is 100 Å². The van der Waals surface area contributed by atoms with Crippen molar-refractivity contribution in [3.05, 3.63) is 86.7 Å². The van der Waals surface area contributed by atoms with Gasteiger partial charge in [0.15, 0.2) is 0 Å². The maximum Gasteiger partial charge on any atom is 0.259 e. The molecule has 1 amide bonds. The zero-order valence-corrected chi connectivity index (χ0v) is 27.5. The Bertz CT molecular complexity index is 2010. The first-order valence-electron chi connectivity index (χ1n) is 15.4. The number of aromatic nitrogens is 4. The second-order valence-electron chi connectivity index (χ2n) is 12.1. The van der Waals surface area contributed by atoms with Crippen LogP contribution in [0.3, 0.4) is 0 Å². The van der Waals surface area contributed by atoms with E-state index in [0.29, 0.717) is 28.9 Å². The number of pyridine rings is 2. The molecule has 4 heterocycles. The number of carbonyl (C=O) groups is 1. The van der Waals surface area contributed by atoms with E-state index in [0.717, 1.165) is 60.3 Å². The smallest absolute Gasteiger partial charge is 0.259 e. The highest BCUT2D eigenvalue weighted by atomic mass is 35.5. The number of nitrogens with one attached hydrogen (secondary N) is 2. The van der Waals surface area contributed by atoms with Gasteiger partial charge in [0.05, 0.1) is 29.7 Å². The van der Waals surface area contributed by atoms with E-state index in [4.69, 9.17) is 16.7 Å². The van der Waals surface area contributed by atoms with Gasteiger partial charge < -0.3 is 15.5 Å². The van der Waals surface area contributed by atoms with Crippen molar-refractivity contribution in [2.24, 2.45) is 7.05 Å². The Hall–Kier alpha value is -4.32. The molecule has 12 heteroatoms. The largest absolute Gasteiger partial charge is 0.377 e. The highest BCUT2D eigenvalue weighted by molar-refractivity contribution is 6.29. The van der Waals surface area contributed by atoms with E-state index in [1.807, 2.05) is 37.8 Å².